The van der Waals surface area contributed by atoms with E-state index in [-0.39, 0.29) is 5.41 Å². The number of aryl methyl sites for hydroxylation is 1. The molecule has 0 amide bonds. The van der Waals surface area contributed by atoms with Crippen molar-refractivity contribution in [3.63, 3.8) is 0 Å². The molecule has 17 heavy (non-hydrogen) atoms. The molecule has 96 valence electrons. The van der Waals surface area contributed by atoms with Gasteiger partial charge in [0, 0.05) is 6.54 Å². The van der Waals surface area contributed by atoms with Crippen molar-refractivity contribution in [1.29, 1.82) is 0 Å². The monoisotopic (exact) mass is 255 g/mol. The van der Waals surface area contributed by atoms with Crippen molar-refractivity contribution < 1.29 is 8.42 Å². The Morgan fingerprint density at radius 2 is 1.76 bits per heavy atom. The Balaban J connectivity index is 2.74. The average molecular weight is 255 g/mol. The van der Waals surface area contributed by atoms with E-state index in [0.29, 0.717) is 11.4 Å². The second-order valence-electron chi connectivity index (χ2n) is 5.47. The molecule has 0 unspecified atom stereocenters. The van der Waals surface area contributed by atoms with Crippen LogP contribution in [0.3, 0.4) is 0 Å². The summed E-state index contributed by atoms with van der Waals surface area (Å²) in [5.74, 6) is 0. The van der Waals surface area contributed by atoms with E-state index in [1.807, 2.05) is 6.07 Å². The van der Waals surface area contributed by atoms with Crippen molar-refractivity contribution in [2.24, 2.45) is 5.41 Å². The number of benzene rings is 1. The molecule has 0 atom stereocenters. The molecule has 0 heterocycles. The van der Waals surface area contributed by atoms with Crippen molar-refractivity contribution in [1.82, 2.24) is 4.72 Å². The lowest BCUT2D eigenvalue weighted by Gasteiger charge is -2.18. The summed E-state index contributed by atoms with van der Waals surface area (Å²) in [6.45, 7) is 8.55. The van der Waals surface area contributed by atoms with Crippen LogP contribution >= 0.6 is 0 Å². The molecule has 0 aliphatic rings. The smallest absolute Gasteiger partial charge is 0.211 e. The highest BCUT2D eigenvalue weighted by Gasteiger charge is 2.17. The maximum absolute atomic E-state index is 12.0. The molecule has 3 nitrogen and oxygen atoms in total. The normalized spacial score (nSPS) is 12.7. The maximum Gasteiger partial charge on any atom is 0.240 e. The van der Waals surface area contributed by atoms with E-state index in [1.165, 1.54) is 0 Å². The fourth-order valence-corrected chi connectivity index (χ4v) is 2.77. The minimum Gasteiger partial charge on any atom is -0.211 e. The van der Waals surface area contributed by atoms with Crippen molar-refractivity contribution in [2.75, 3.05) is 6.54 Å². The van der Waals surface area contributed by atoms with Crippen molar-refractivity contribution in [3.05, 3.63) is 29.8 Å². The number of hydrogen-bond donors (Lipinski definition) is 1. The summed E-state index contributed by atoms with van der Waals surface area (Å²) in [6, 6.07) is 7.02. The average Bonchev–Trinajstić information content (AvgIpc) is 2.15. The quantitative estimate of drug-likeness (QED) is 0.899. The Bertz CT molecular complexity index is 472. The fourth-order valence-electron chi connectivity index (χ4n) is 1.50. The summed E-state index contributed by atoms with van der Waals surface area (Å²) in [7, 11) is -3.36. The summed E-state index contributed by atoms with van der Waals surface area (Å²) < 4.78 is 26.7. The van der Waals surface area contributed by atoms with Crippen LogP contribution in [0.25, 0.3) is 0 Å². The van der Waals surface area contributed by atoms with Crippen LogP contribution in [-0.4, -0.2) is 15.0 Å². The molecule has 0 spiro atoms. The largest absolute Gasteiger partial charge is 0.240 e. The third-order valence-electron chi connectivity index (χ3n) is 2.55. The third-order valence-corrected chi connectivity index (χ3v) is 4.17. The van der Waals surface area contributed by atoms with Crippen LogP contribution in [0.1, 0.15) is 32.8 Å². The highest BCUT2D eigenvalue weighted by molar-refractivity contribution is 7.89. The number of hydrogen-bond acceptors (Lipinski definition) is 2. The predicted molar refractivity (Wildman–Crippen MR) is 70.4 cm³/mol. The lowest BCUT2D eigenvalue weighted by Crippen LogP contribution is -2.27. The van der Waals surface area contributed by atoms with Crippen LogP contribution in [0.4, 0.5) is 0 Å². The second kappa shape index (κ2) is 5.19. The van der Waals surface area contributed by atoms with Gasteiger partial charge in [-0.3, -0.25) is 0 Å². The Labute approximate surface area is 104 Å². The third kappa shape index (κ3) is 4.48. The molecular formula is C13H21NO2S. The first-order chi connectivity index (χ1) is 7.72. The lowest BCUT2D eigenvalue weighted by molar-refractivity contribution is 0.378. The summed E-state index contributed by atoms with van der Waals surface area (Å²) >= 11 is 0. The second-order valence-corrected chi connectivity index (χ2v) is 7.21. The van der Waals surface area contributed by atoms with Crippen LogP contribution in [-0.2, 0) is 10.0 Å². The standard InChI is InChI=1S/C13H21NO2S/c1-11-7-5-6-8-12(11)17(15,16)14-10-9-13(2,3)4/h5-8,14H,9-10H2,1-4H3. The molecular weight excluding hydrogens is 234 g/mol. The first-order valence-electron chi connectivity index (χ1n) is 5.78. The van der Waals surface area contributed by atoms with Crippen LogP contribution in [0.2, 0.25) is 0 Å². The van der Waals surface area contributed by atoms with E-state index in [2.05, 4.69) is 25.5 Å². The van der Waals surface area contributed by atoms with E-state index in [4.69, 9.17) is 0 Å². The van der Waals surface area contributed by atoms with Gasteiger partial charge in [0.1, 0.15) is 0 Å². The van der Waals surface area contributed by atoms with Gasteiger partial charge in [-0.2, -0.15) is 0 Å². The molecule has 0 aromatic heterocycles. The van der Waals surface area contributed by atoms with Crippen LogP contribution in [0.15, 0.2) is 29.2 Å². The molecule has 1 rings (SSSR count). The molecule has 0 saturated heterocycles. The summed E-state index contributed by atoms with van der Waals surface area (Å²) in [6.07, 6.45) is 0.818. The fraction of sp³-hybridized carbons (Fsp3) is 0.538. The van der Waals surface area contributed by atoms with Gasteiger partial charge in [-0.25, -0.2) is 13.1 Å². The van der Waals surface area contributed by atoms with Gasteiger partial charge in [-0.05, 0) is 30.4 Å². The van der Waals surface area contributed by atoms with Gasteiger partial charge in [0.2, 0.25) is 10.0 Å². The molecule has 1 aromatic carbocycles. The van der Waals surface area contributed by atoms with E-state index < -0.39 is 10.0 Å². The SMILES string of the molecule is Cc1ccccc1S(=O)(=O)NCCC(C)(C)C. The Morgan fingerprint density at radius 3 is 2.29 bits per heavy atom. The van der Waals surface area contributed by atoms with E-state index in [1.54, 1.807) is 25.1 Å². The zero-order chi connectivity index (χ0) is 13.1. The van der Waals surface area contributed by atoms with Crippen LogP contribution < -0.4 is 4.72 Å². The molecule has 0 aliphatic carbocycles. The Kier molecular flexibility index (Phi) is 4.33. The molecule has 0 fully saturated rings. The highest BCUT2D eigenvalue weighted by Crippen LogP contribution is 2.18. The zero-order valence-corrected chi connectivity index (χ0v) is 11.8. The molecule has 0 saturated carbocycles. The summed E-state index contributed by atoms with van der Waals surface area (Å²) in [5.41, 5.74) is 0.907. The lowest BCUT2D eigenvalue weighted by atomic mass is 9.93. The summed E-state index contributed by atoms with van der Waals surface area (Å²) in [4.78, 5) is 0.369. The minimum atomic E-state index is -3.36. The molecule has 0 radical (unpaired) electrons. The summed E-state index contributed by atoms with van der Waals surface area (Å²) in [5, 5.41) is 0. The van der Waals surface area contributed by atoms with Crippen LogP contribution in [0, 0.1) is 12.3 Å². The Hall–Kier alpha value is -0.870. The van der Waals surface area contributed by atoms with Gasteiger partial charge in [-0.15, -0.1) is 0 Å². The van der Waals surface area contributed by atoms with Crippen molar-refractivity contribution in [2.45, 2.75) is 39.0 Å². The highest BCUT2D eigenvalue weighted by atomic mass is 32.2. The van der Waals surface area contributed by atoms with E-state index in [0.717, 1.165) is 12.0 Å². The maximum atomic E-state index is 12.0. The van der Waals surface area contributed by atoms with Gasteiger partial charge in [0.05, 0.1) is 4.90 Å². The molecule has 1 N–H and O–H groups in total. The van der Waals surface area contributed by atoms with Crippen LogP contribution in [0.5, 0.6) is 0 Å². The molecule has 4 heteroatoms. The molecule has 1 aromatic rings. The van der Waals surface area contributed by atoms with Gasteiger partial charge in [-0.1, -0.05) is 39.0 Å². The Morgan fingerprint density at radius 1 is 1.18 bits per heavy atom. The van der Waals surface area contributed by atoms with E-state index in [9.17, 15) is 8.42 Å². The molecule has 0 aliphatic heterocycles. The first-order valence-corrected chi connectivity index (χ1v) is 7.26. The topological polar surface area (TPSA) is 46.2 Å². The van der Waals surface area contributed by atoms with Gasteiger partial charge >= 0.3 is 0 Å². The van der Waals surface area contributed by atoms with Crippen molar-refractivity contribution >= 4 is 10.0 Å². The van der Waals surface area contributed by atoms with Gasteiger partial charge in [0.25, 0.3) is 0 Å². The molecule has 0 bridgehead atoms. The predicted octanol–water partition coefficient (Wildman–Crippen LogP) is 2.71. The number of sulfonamides is 1. The van der Waals surface area contributed by atoms with Crippen molar-refractivity contribution in [3.8, 4) is 0 Å². The first kappa shape index (κ1) is 14.2. The van der Waals surface area contributed by atoms with E-state index >= 15 is 0 Å². The van der Waals surface area contributed by atoms with Gasteiger partial charge in [0.15, 0.2) is 0 Å². The van der Waals surface area contributed by atoms with Gasteiger partial charge < -0.3 is 0 Å². The number of rotatable bonds is 4. The minimum absolute atomic E-state index is 0.133. The number of nitrogens with one attached hydrogen (secondary N) is 1. The zero-order valence-electron chi connectivity index (χ0n) is 10.9.